The Bertz CT molecular complexity index is 394. The second kappa shape index (κ2) is 11.4. The Kier molecular flexibility index (Phi) is 10.7. The molecule has 0 saturated carbocycles. The minimum atomic E-state index is 0.136. The second-order valence-electron chi connectivity index (χ2n) is 6.23. The largest absolute Gasteiger partial charge is 0.335 e. The molecule has 0 aliphatic heterocycles. The van der Waals surface area contributed by atoms with Crippen molar-refractivity contribution in [2.24, 2.45) is 0 Å². The Morgan fingerprint density at radius 3 is 2.19 bits per heavy atom. The van der Waals surface area contributed by atoms with Crippen molar-refractivity contribution in [2.45, 2.75) is 67.2 Å². The molecule has 0 N–H and O–H groups in total. The van der Waals surface area contributed by atoms with Gasteiger partial charge in [-0.1, -0.05) is 42.2 Å². The Labute approximate surface area is 131 Å². The third kappa shape index (κ3) is 11.1. The lowest BCUT2D eigenvalue weighted by atomic mass is 10.1. The molecule has 0 heterocycles. The van der Waals surface area contributed by atoms with Crippen molar-refractivity contribution >= 4 is 5.91 Å². The summed E-state index contributed by atoms with van der Waals surface area (Å²) >= 11 is 0. The maximum absolute atomic E-state index is 12.2. The van der Waals surface area contributed by atoms with E-state index >= 15 is 0 Å². The van der Waals surface area contributed by atoms with E-state index in [0.717, 1.165) is 44.3 Å². The Morgan fingerprint density at radius 1 is 1.00 bits per heavy atom. The summed E-state index contributed by atoms with van der Waals surface area (Å²) in [5.41, 5.74) is 3.79. The number of hydrogen-bond donors (Lipinski definition) is 0. The number of allylic oxidation sites excluding steroid dienone is 4. The molecule has 0 unspecified atom stereocenters. The minimum Gasteiger partial charge on any atom is -0.335 e. The quantitative estimate of drug-likeness (QED) is 0.418. The first-order valence-electron chi connectivity index (χ1n) is 8.09. The van der Waals surface area contributed by atoms with Crippen LogP contribution in [-0.2, 0) is 4.79 Å². The molecule has 0 aliphatic rings. The number of carbonyl (C=O) groups is 1. The van der Waals surface area contributed by atoms with Crippen LogP contribution in [0.5, 0.6) is 0 Å². The average molecular weight is 291 g/mol. The van der Waals surface area contributed by atoms with Crippen LogP contribution >= 0.6 is 0 Å². The third-order valence-corrected chi connectivity index (χ3v) is 3.26. The van der Waals surface area contributed by atoms with E-state index in [0.29, 0.717) is 0 Å². The first kappa shape index (κ1) is 19.7. The van der Waals surface area contributed by atoms with Crippen molar-refractivity contribution in [3.63, 3.8) is 0 Å². The molecule has 0 saturated heterocycles. The highest BCUT2D eigenvalue weighted by Crippen LogP contribution is 2.08. The van der Waals surface area contributed by atoms with Gasteiger partial charge < -0.3 is 4.90 Å². The fraction of sp³-hybridized carbons (Fsp3) is 0.632. The highest BCUT2D eigenvalue weighted by Gasteiger charge is 2.08. The molecule has 2 heteroatoms. The number of carbonyl (C=O) groups excluding carboxylic acids is 1. The van der Waals surface area contributed by atoms with Crippen molar-refractivity contribution in [3.05, 3.63) is 34.9 Å². The summed E-state index contributed by atoms with van der Waals surface area (Å²) in [5, 5.41) is 0. The number of rotatable bonds is 9. The molecule has 1 amide bonds. The molecule has 0 aliphatic carbocycles. The van der Waals surface area contributed by atoms with Crippen molar-refractivity contribution in [1.82, 2.24) is 4.90 Å². The summed E-state index contributed by atoms with van der Waals surface area (Å²) in [6.07, 6.45) is 10.5. The topological polar surface area (TPSA) is 20.3 Å². The van der Waals surface area contributed by atoms with E-state index in [1.807, 2.05) is 18.7 Å². The van der Waals surface area contributed by atoms with Gasteiger partial charge >= 0.3 is 0 Å². The van der Waals surface area contributed by atoms with Crippen LogP contribution in [0.1, 0.15) is 67.2 Å². The highest BCUT2D eigenvalue weighted by atomic mass is 16.2. The molecule has 2 nitrogen and oxygen atoms in total. The summed E-state index contributed by atoms with van der Waals surface area (Å²) in [4.78, 5) is 14.1. The molecule has 0 aromatic rings. The van der Waals surface area contributed by atoms with Gasteiger partial charge in [-0.25, -0.2) is 0 Å². The zero-order chi connectivity index (χ0) is 16.3. The Hall–Kier alpha value is -1.31. The Balaban J connectivity index is 4.55. The van der Waals surface area contributed by atoms with Gasteiger partial charge in [0, 0.05) is 19.2 Å². The van der Waals surface area contributed by atoms with E-state index in [1.54, 1.807) is 6.08 Å². The molecule has 0 fully saturated rings. The number of hydrogen-bond acceptors (Lipinski definition) is 1. The lowest BCUT2D eigenvalue weighted by Crippen LogP contribution is -2.31. The van der Waals surface area contributed by atoms with Gasteiger partial charge in [0.15, 0.2) is 0 Å². The average Bonchev–Trinajstić information content (AvgIpc) is 2.37. The molecule has 0 rings (SSSR count). The molecular weight excluding hydrogens is 258 g/mol. The van der Waals surface area contributed by atoms with Crippen LogP contribution < -0.4 is 0 Å². The van der Waals surface area contributed by atoms with Gasteiger partial charge in [0.2, 0.25) is 5.91 Å². The molecule has 21 heavy (non-hydrogen) atoms. The Morgan fingerprint density at radius 2 is 1.67 bits per heavy atom. The smallest absolute Gasteiger partial charge is 0.246 e. The van der Waals surface area contributed by atoms with E-state index in [-0.39, 0.29) is 5.91 Å². The zero-order valence-corrected chi connectivity index (χ0v) is 14.8. The molecule has 0 aromatic heterocycles. The predicted octanol–water partition coefficient (Wildman–Crippen LogP) is 5.27. The number of nitrogens with zero attached hydrogens (tertiary/aromatic N) is 1. The molecule has 0 radical (unpaired) electrons. The van der Waals surface area contributed by atoms with Gasteiger partial charge in [0.05, 0.1) is 0 Å². The van der Waals surface area contributed by atoms with Gasteiger partial charge in [-0.15, -0.1) is 0 Å². The number of amides is 1. The van der Waals surface area contributed by atoms with Gasteiger partial charge in [-0.05, 0) is 53.9 Å². The highest BCUT2D eigenvalue weighted by molar-refractivity contribution is 5.88. The standard InChI is InChI=1S/C19H33NO/c1-7-8-13-20(19(21)15-17(4)5)14-12-18(6)11-9-10-16(2)3/h10,12,15H,7-9,11,13-14H2,1-6H3/b18-12-. The van der Waals surface area contributed by atoms with Crippen LogP contribution in [0.3, 0.4) is 0 Å². The lowest BCUT2D eigenvalue weighted by molar-refractivity contribution is -0.125. The van der Waals surface area contributed by atoms with E-state index in [2.05, 4.69) is 39.8 Å². The first-order valence-corrected chi connectivity index (χ1v) is 8.09. The molecule has 0 spiro atoms. The van der Waals surface area contributed by atoms with E-state index < -0.39 is 0 Å². The summed E-state index contributed by atoms with van der Waals surface area (Å²) in [7, 11) is 0. The van der Waals surface area contributed by atoms with Crippen LogP contribution in [0.15, 0.2) is 34.9 Å². The van der Waals surface area contributed by atoms with Crippen molar-refractivity contribution in [1.29, 1.82) is 0 Å². The molecular formula is C19H33NO. The fourth-order valence-electron chi connectivity index (χ4n) is 1.94. The van der Waals surface area contributed by atoms with Gasteiger partial charge in [0.1, 0.15) is 0 Å². The molecule has 0 bridgehead atoms. The van der Waals surface area contributed by atoms with Crippen LogP contribution in [0.25, 0.3) is 0 Å². The number of unbranched alkanes of at least 4 members (excludes halogenated alkanes) is 1. The SMILES string of the molecule is CCCCN(C/C=C(/C)CCC=C(C)C)C(=O)C=C(C)C. The van der Waals surface area contributed by atoms with Crippen LogP contribution in [0.2, 0.25) is 0 Å². The normalized spacial score (nSPS) is 11.0. The van der Waals surface area contributed by atoms with Gasteiger partial charge in [-0.3, -0.25) is 4.79 Å². The summed E-state index contributed by atoms with van der Waals surface area (Å²) in [6, 6.07) is 0. The van der Waals surface area contributed by atoms with Crippen LogP contribution in [-0.4, -0.2) is 23.9 Å². The van der Waals surface area contributed by atoms with Crippen molar-refractivity contribution in [3.8, 4) is 0 Å². The minimum absolute atomic E-state index is 0.136. The second-order valence-corrected chi connectivity index (χ2v) is 6.23. The maximum Gasteiger partial charge on any atom is 0.246 e. The van der Waals surface area contributed by atoms with E-state index in [1.165, 1.54) is 11.1 Å². The zero-order valence-electron chi connectivity index (χ0n) is 14.8. The maximum atomic E-state index is 12.2. The van der Waals surface area contributed by atoms with E-state index in [9.17, 15) is 4.79 Å². The fourth-order valence-corrected chi connectivity index (χ4v) is 1.94. The summed E-state index contributed by atoms with van der Waals surface area (Å²) in [6.45, 7) is 14.1. The monoisotopic (exact) mass is 291 g/mol. The van der Waals surface area contributed by atoms with Crippen LogP contribution in [0, 0.1) is 0 Å². The van der Waals surface area contributed by atoms with Gasteiger partial charge in [0.25, 0.3) is 0 Å². The lowest BCUT2D eigenvalue weighted by Gasteiger charge is -2.20. The third-order valence-electron chi connectivity index (χ3n) is 3.26. The predicted molar refractivity (Wildman–Crippen MR) is 93.3 cm³/mol. The van der Waals surface area contributed by atoms with Crippen molar-refractivity contribution in [2.75, 3.05) is 13.1 Å². The molecule has 120 valence electrons. The van der Waals surface area contributed by atoms with Crippen molar-refractivity contribution < 1.29 is 4.79 Å². The van der Waals surface area contributed by atoms with Crippen LogP contribution in [0.4, 0.5) is 0 Å². The molecule has 0 atom stereocenters. The summed E-state index contributed by atoms with van der Waals surface area (Å²) in [5.74, 6) is 0.136. The van der Waals surface area contributed by atoms with E-state index in [4.69, 9.17) is 0 Å². The molecule has 0 aromatic carbocycles. The van der Waals surface area contributed by atoms with Gasteiger partial charge in [-0.2, -0.15) is 0 Å². The summed E-state index contributed by atoms with van der Waals surface area (Å²) < 4.78 is 0. The first-order chi connectivity index (χ1) is 9.86.